The molecular formula is C26H28ClN3O4. The summed E-state index contributed by atoms with van der Waals surface area (Å²) >= 11 is 6.52. The zero-order valence-electron chi connectivity index (χ0n) is 19.7. The van der Waals surface area contributed by atoms with Gasteiger partial charge in [-0.3, -0.25) is 14.2 Å². The van der Waals surface area contributed by atoms with E-state index >= 15 is 0 Å². The Kier molecular flexibility index (Phi) is 6.93. The third-order valence-corrected chi connectivity index (χ3v) is 6.43. The van der Waals surface area contributed by atoms with Crippen molar-refractivity contribution in [2.45, 2.75) is 52.3 Å². The number of aryl methyl sites for hydroxylation is 1. The van der Waals surface area contributed by atoms with Crippen LogP contribution in [0.1, 0.15) is 43.6 Å². The maximum absolute atomic E-state index is 13.7. The molecule has 1 aliphatic carbocycles. The molecule has 0 fully saturated rings. The summed E-state index contributed by atoms with van der Waals surface area (Å²) in [4.78, 5) is 30.4. The molecule has 1 unspecified atom stereocenters. The van der Waals surface area contributed by atoms with E-state index in [9.17, 15) is 9.59 Å². The van der Waals surface area contributed by atoms with E-state index in [1.165, 1.54) is 6.92 Å². The molecule has 7 nitrogen and oxygen atoms in total. The van der Waals surface area contributed by atoms with Gasteiger partial charge in [0.25, 0.3) is 5.56 Å². The van der Waals surface area contributed by atoms with E-state index < -0.39 is 6.10 Å². The van der Waals surface area contributed by atoms with Gasteiger partial charge >= 0.3 is 5.97 Å². The Bertz CT molecular complexity index is 1290. The van der Waals surface area contributed by atoms with Crippen molar-refractivity contribution in [2.24, 2.45) is 0 Å². The first kappa shape index (κ1) is 23.8. The highest BCUT2D eigenvalue weighted by atomic mass is 35.5. The van der Waals surface area contributed by atoms with E-state index in [0.717, 1.165) is 11.1 Å². The van der Waals surface area contributed by atoms with Crippen molar-refractivity contribution in [2.75, 3.05) is 12.4 Å². The molecule has 2 aromatic carbocycles. The fourth-order valence-electron chi connectivity index (χ4n) is 4.51. The van der Waals surface area contributed by atoms with Crippen molar-refractivity contribution < 1.29 is 14.3 Å². The van der Waals surface area contributed by atoms with Gasteiger partial charge in [0.1, 0.15) is 23.4 Å². The molecule has 1 aliphatic rings. The Hall–Kier alpha value is -3.32. The number of benzene rings is 2. The zero-order chi connectivity index (χ0) is 24.4. The first-order chi connectivity index (χ1) is 16.4. The van der Waals surface area contributed by atoms with Crippen LogP contribution in [-0.2, 0) is 28.9 Å². The summed E-state index contributed by atoms with van der Waals surface area (Å²) in [5.41, 5.74) is 3.61. The molecule has 0 spiro atoms. The van der Waals surface area contributed by atoms with Crippen LogP contribution in [0.15, 0.2) is 47.3 Å². The van der Waals surface area contributed by atoms with Crippen molar-refractivity contribution in [1.29, 1.82) is 0 Å². The highest BCUT2D eigenvalue weighted by Crippen LogP contribution is 2.37. The van der Waals surface area contributed by atoms with E-state index in [1.54, 1.807) is 23.8 Å². The number of ether oxygens (including phenoxy) is 2. The van der Waals surface area contributed by atoms with Gasteiger partial charge in [-0.25, -0.2) is 4.98 Å². The molecule has 0 radical (unpaired) electrons. The normalized spacial score (nSPS) is 16.7. The Morgan fingerprint density at radius 3 is 2.65 bits per heavy atom. The van der Waals surface area contributed by atoms with Gasteiger partial charge in [-0.1, -0.05) is 42.8 Å². The van der Waals surface area contributed by atoms with Crippen LogP contribution in [0, 0.1) is 0 Å². The number of anilines is 1. The Balaban J connectivity index is 1.81. The number of aromatic nitrogens is 2. The topological polar surface area (TPSA) is 82.5 Å². The van der Waals surface area contributed by atoms with Gasteiger partial charge in [0.05, 0.1) is 23.9 Å². The van der Waals surface area contributed by atoms with Crippen molar-refractivity contribution in [3.63, 3.8) is 0 Å². The van der Waals surface area contributed by atoms with Crippen molar-refractivity contribution in [3.8, 4) is 17.1 Å². The summed E-state index contributed by atoms with van der Waals surface area (Å²) in [5, 5.41) is 3.86. The number of fused-ring (bicyclic) bond motifs is 1. The lowest BCUT2D eigenvalue weighted by atomic mass is 10.1. The number of esters is 1. The van der Waals surface area contributed by atoms with Crippen LogP contribution in [0.3, 0.4) is 0 Å². The fourth-order valence-corrected chi connectivity index (χ4v) is 4.77. The van der Waals surface area contributed by atoms with Crippen LogP contribution >= 0.6 is 11.6 Å². The quantitative estimate of drug-likeness (QED) is 0.488. The van der Waals surface area contributed by atoms with E-state index in [2.05, 4.69) is 5.32 Å². The van der Waals surface area contributed by atoms with Crippen molar-refractivity contribution >= 4 is 23.3 Å². The van der Waals surface area contributed by atoms with Crippen LogP contribution in [0.2, 0.25) is 5.02 Å². The molecule has 8 heteroatoms. The molecule has 1 N–H and O–H groups in total. The number of rotatable bonds is 7. The lowest BCUT2D eigenvalue weighted by Crippen LogP contribution is -2.32. The molecule has 3 aromatic rings. The van der Waals surface area contributed by atoms with E-state index in [0.29, 0.717) is 52.9 Å². The highest BCUT2D eigenvalue weighted by molar-refractivity contribution is 6.33. The summed E-state index contributed by atoms with van der Waals surface area (Å²) in [6.07, 6.45) is 0.712. The van der Waals surface area contributed by atoms with Gasteiger partial charge in [0.15, 0.2) is 0 Å². The molecule has 34 heavy (non-hydrogen) atoms. The molecule has 0 amide bonds. The maximum Gasteiger partial charge on any atom is 0.302 e. The minimum absolute atomic E-state index is 0.192. The third kappa shape index (κ3) is 4.40. The van der Waals surface area contributed by atoms with Crippen LogP contribution in [0.25, 0.3) is 11.4 Å². The average molecular weight is 482 g/mol. The minimum atomic E-state index is -0.412. The standard InChI is InChI=1S/C26H28ClN3O4/c1-5-21-24(29-23-18-10-8-7-9-16(18)13-22(23)34-15(3)31)26(32)30(6-2)25(28-21)19-12-11-17(33-4)14-20(19)27/h7-12,14,22-23,29H,5-6,13H2,1-4H3/t22-,23?/m0/s1. The molecule has 0 saturated carbocycles. The molecule has 178 valence electrons. The number of carbonyl (C=O) groups excluding carboxylic acids is 1. The molecular weight excluding hydrogens is 454 g/mol. The molecule has 2 atom stereocenters. The number of carbonyl (C=O) groups is 1. The predicted molar refractivity (Wildman–Crippen MR) is 133 cm³/mol. The maximum atomic E-state index is 13.7. The van der Waals surface area contributed by atoms with E-state index in [4.69, 9.17) is 26.1 Å². The van der Waals surface area contributed by atoms with Gasteiger partial charge in [0.2, 0.25) is 0 Å². The first-order valence-electron chi connectivity index (χ1n) is 11.4. The molecule has 1 heterocycles. The highest BCUT2D eigenvalue weighted by Gasteiger charge is 2.36. The summed E-state index contributed by atoms with van der Waals surface area (Å²) in [6, 6.07) is 12.9. The Morgan fingerprint density at radius 1 is 1.24 bits per heavy atom. The van der Waals surface area contributed by atoms with Crippen molar-refractivity contribution in [1.82, 2.24) is 9.55 Å². The zero-order valence-corrected chi connectivity index (χ0v) is 20.5. The van der Waals surface area contributed by atoms with Crippen LogP contribution in [0.4, 0.5) is 5.69 Å². The summed E-state index contributed by atoms with van der Waals surface area (Å²) in [5.74, 6) is 0.782. The van der Waals surface area contributed by atoms with Gasteiger partial charge in [0, 0.05) is 25.5 Å². The van der Waals surface area contributed by atoms with Gasteiger partial charge in [-0.05, 0) is 42.7 Å². The third-order valence-electron chi connectivity index (χ3n) is 6.11. The van der Waals surface area contributed by atoms with Crippen molar-refractivity contribution in [3.05, 3.63) is 74.7 Å². The molecule has 0 saturated heterocycles. The van der Waals surface area contributed by atoms with Gasteiger partial charge in [-0.2, -0.15) is 0 Å². The monoisotopic (exact) mass is 481 g/mol. The lowest BCUT2D eigenvalue weighted by Gasteiger charge is -2.24. The average Bonchev–Trinajstić information content (AvgIpc) is 3.16. The molecule has 1 aromatic heterocycles. The summed E-state index contributed by atoms with van der Waals surface area (Å²) in [6.45, 7) is 5.66. The van der Waals surface area contributed by atoms with Gasteiger partial charge in [-0.15, -0.1) is 0 Å². The number of halogens is 1. The second-order valence-corrected chi connectivity index (χ2v) is 8.59. The lowest BCUT2D eigenvalue weighted by molar-refractivity contribution is -0.146. The minimum Gasteiger partial charge on any atom is -0.497 e. The van der Waals surface area contributed by atoms with E-state index in [-0.39, 0.29) is 17.6 Å². The van der Waals surface area contributed by atoms with Crippen LogP contribution in [-0.4, -0.2) is 28.7 Å². The summed E-state index contributed by atoms with van der Waals surface area (Å²) < 4.78 is 12.5. The number of hydrogen-bond acceptors (Lipinski definition) is 6. The largest absolute Gasteiger partial charge is 0.497 e. The second kappa shape index (κ2) is 9.89. The number of hydrogen-bond donors (Lipinski definition) is 1. The number of nitrogens with one attached hydrogen (secondary N) is 1. The van der Waals surface area contributed by atoms with Crippen LogP contribution in [0.5, 0.6) is 5.75 Å². The fraction of sp³-hybridized carbons (Fsp3) is 0.346. The first-order valence-corrected chi connectivity index (χ1v) is 11.7. The van der Waals surface area contributed by atoms with E-state index in [1.807, 2.05) is 44.2 Å². The molecule has 0 aliphatic heterocycles. The SMILES string of the molecule is CCc1nc(-c2ccc(OC)cc2Cl)n(CC)c(=O)c1NC1c2ccccc2C[C@@H]1OC(C)=O. The number of nitrogens with zero attached hydrogens (tertiary/aromatic N) is 2. The Morgan fingerprint density at radius 2 is 2.00 bits per heavy atom. The Labute approximate surface area is 203 Å². The van der Waals surface area contributed by atoms with Gasteiger partial charge < -0.3 is 14.8 Å². The predicted octanol–water partition coefficient (Wildman–Crippen LogP) is 4.80. The number of methoxy groups -OCH3 is 1. The summed E-state index contributed by atoms with van der Waals surface area (Å²) in [7, 11) is 1.57. The van der Waals surface area contributed by atoms with Crippen LogP contribution < -0.4 is 15.6 Å². The smallest absolute Gasteiger partial charge is 0.302 e. The molecule has 4 rings (SSSR count). The molecule has 0 bridgehead atoms. The second-order valence-electron chi connectivity index (χ2n) is 8.18.